The molecular weight excluding hydrogens is 150 g/mol. The second-order valence-electron chi connectivity index (χ2n) is 3.18. The quantitative estimate of drug-likeness (QED) is 0.626. The smallest absolute Gasteiger partial charge is 0.161 e. The number of ketones is 1. The van der Waals surface area contributed by atoms with Crippen molar-refractivity contribution in [3.05, 3.63) is 29.6 Å². The molecule has 1 aromatic rings. The van der Waals surface area contributed by atoms with E-state index in [0.29, 0.717) is 11.5 Å². The van der Waals surface area contributed by atoms with Gasteiger partial charge in [0, 0.05) is 17.5 Å². The molecule has 0 N–H and O–H groups in total. The maximum Gasteiger partial charge on any atom is 0.161 e. The maximum atomic E-state index is 10.9. The van der Waals surface area contributed by atoms with E-state index in [-0.39, 0.29) is 5.78 Å². The minimum absolute atomic E-state index is 0.0674. The zero-order chi connectivity index (χ0) is 9.14. The number of aromatic nitrogens is 1. The van der Waals surface area contributed by atoms with Crippen molar-refractivity contribution in [2.75, 3.05) is 0 Å². The molecule has 1 heterocycles. The third kappa shape index (κ3) is 1.91. The summed E-state index contributed by atoms with van der Waals surface area (Å²) in [4.78, 5) is 15.1. The van der Waals surface area contributed by atoms with Crippen molar-refractivity contribution in [2.24, 2.45) is 0 Å². The van der Waals surface area contributed by atoms with Crippen molar-refractivity contribution in [3.8, 4) is 0 Å². The van der Waals surface area contributed by atoms with Gasteiger partial charge in [-0.2, -0.15) is 0 Å². The molecule has 0 fully saturated rings. The molecule has 0 unspecified atom stereocenters. The van der Waals surface area contributed by atoms with Crippen LogP contribution in [0.5, 0.6) is 0 Å². The second-order valence-corrected chi connectivity index (χ2v) is 3.18. The summed E-state index contributed by atoms with van der Waals surface area (Å²) in [6, 6.07) is 3.73. The molecule has 0 aliphatic carbocycles. The zero-order valence-electron chi connectivity index (χ0n) is 7.66. The molecule has 0 radical (unpaired) electrons. The highest BCUT2D eigenvalue weighted by atomic mass is 16.1. The molecule has 2 heteroatoms. The van der Waals surface area contributed by atoms with Crippen LogP contribution in [0.1, 0.15) is 42.7 Å². The first-order valence-electron chi connectivity index (χ1n) is 4.08. The highest BCUT2D eigenvalue weighted by Gasteiger charge is 2.02. The number of hydrogen-bond donors (Lipinski definition) is 0. The topological polar surface area (TPSA) is 30.0 Å². The van der Waals surface area contributed by atoms with Crippen LogP contribution in [0.4, 0.5) is 0 Å². The van der Waals surface area contributed by atoms with Crippen molar-refractivity contribution < 1.29 is 4.79 Å². The molecule has 0 amide bonds. The number of rotatable bonds is 2. The Morgan fingerprint density at radius 1 is 1.42 bits per heavy atom. The van der Waals surface area contributed by atoms with E-state index in [1.165, 1.54) is 0 Å². The van der Waals surface area contributed by atoms with Crippen LogP contribution >= 0.6 is 0 Å². The van der Waals surface area contributed by atoms with Gasteiger partial charge in [-0.15, -0.1) is 0 Å². The second kappa shape index (κ2) is 3.48. The van der Waals surface area contributed by atoms with E-state index in [0.717, 1.165) is 5.69 Å². The number of hydrogen-bond acceptors (Lipinski definition) is 2. The lowest BCUT2D eigenvalue weighted by molar-refractivity contribution is 0.101. The minimum Gasteiger partial charge on any atom is -0.294 e. The minimum atomic E-state index is 0.0674. The molecule has 0 aromatic carbocycles. The maximum absolute atomic E-state index is 10.9. The number of nitrogens with zero attached hydrogens (tertiary/aromatic N) is 1. The molecule has 0 aliphatic rings. The fourth-order valence-corrected chi connectivity index (χ4v) is 0.955. The number of carbonyl (C=O) groups excluding carboxylic acids is 1. The standard InChI is InChI=1S/C10H13NO/c1-7(2)10-5-4-9(6-11-10)8(3)12/h4-7H,1-3H3. The summed E-state index contributed by atoms with van der Waals surface area (Å²) in [5.74, 6) is 0.490. The van der Waals surface area contributed by atoms with Crippen molar-refractivity contribution in [3.63, 3.8) is 0 Å². The van der Waals surface area contributed by atoms with E-state index in [1.807, 2.05) is 12.1 Å². The first kappa shape index (κ1) is 8.91. The van der Waals surface area contributed by atoms with E-state index in [1.54, 1.807) is 13.1 Å². The summed E-state index contributed by atoms with van der Waals surface area (Å²) in [5.41, 5.74) is 1.71. The summed E-state index contributed by atoms with van der Waals surface area (Å²) >= 11 is 0. The largest absolute Gasteiger partial charge is 0.294 e. The van der Waals surface area contributed by atoms with Gasteiger partial charge in [-0.1, -0.05) is 13.8 Å². The first-order valence-corrected chi connectivity index (χ1v) is 4.08. The predicted molar refractivity (Wildman–Crippen MR) is 48.3 cm³/mol. The number of pyridine rings is 1. The molecule has 0 saturated carbocycles. The Morgan fingerprint density at radius 3 is 2.42 bits per heavy atom. The Bertz CT molecular complexity index is 274. The van der Waals surface area contributed by atoms with E-state index in [9.17, 15) is 4.79 Å². The molecule has 0 aliphatic heterocycles. The number of carbonyl (C=O) groups is 1. The highest BCUT2D eigenvalue weighted by molar-refractivity contribution is 5.93. The van der Waals surface area contributed by atoms with Crippen LogP contribution in [0, 0.1) is 0 Å². The summed E-state index contributed by atoms with van der Waals surface area (Å²) in [6.07, 6.45) is 1.64. The zero-order valence-corrected chi connectivity index (χ0v) is 7.66. The molecule has 12 heavy (non-hydrogen) atoms. The Kier molecular flexibility index (Phi) is 2.58. The highest BCUT2D eigenvalue weighted by Crippen LogP contribution is 2.11. The Labute approximate surface area is 72.6 Å². The van der Waals surface area contributed by atoms with Crippen molar-refractivity contribution in [1.82, 2.24) is 4.98 Å². The first-order chi connectivity index (χ1) is 5.61. The molecule has 64 valence electrons. The molecule has 1 aromatic heterocycles. The van der Waals surface area contributed by atoms with Crippen LogP contribution in [-0.2, 0) is 0 Å². The monoisotopic (exact) mass is 163 g/mol. The fourth-order valence-electron chi connectivity index (χ4n) is 0.955. The van der Waals surface area contributed by atoms with Gasteiger partial charge in [0.05, 0.1) is 0 Å². The lowest BCUT2D eigenvalue weighted by Crippen LogP contribution is -1.96. The van der Waals surface area contributed by atoms with E-state index in [4.69, 9.17) is 0 Å². The average molecular weight is 163 g/mol. The van der Waals surface area contributed by atoms with Gasteiger partial charge in [0.25, 0.3) is 0 Å². The van der Waals surface area contributed by atoms with Gasteiger partial charge in [0.1, 0.15) is 0 Å². The third-order valence-electron chi connectivity index (χ3n) is 1.78. The normalized spacial score (nSPS) is 10.3. The summed E-state index contributed by atoms with van der Waals surface area (Å²) in [5, 5.41) is 0. The van der Waals surface area contributed by atoms with E-state index in [2.05, 4.69) is 18.8 Å². The van der Waals surface area contributed by atoms with Crippen molar-refractivity contribution in [1.29, 1.82) is 0 Å². The molecule has 0 saturated heterocycles. The van der Waals surface area contributed by atoms with Gasteiger partial charge in [-0.25, -0.2) is 0 Å². The molecular formula is C10H13NO. The number of Topliss-reactive ketones (excluding diaryl/α,β-unsaturated/α-hetero) is 1. The van der Waals surface area contributed by atoms with Crippen LogP contribution in [0.15, 0.2) is 18.3 Å². The molecule has 1 rings (SSSR count). The van der Waals surface area contributed by atoms with Crippen LogP contribution in [0.25, 0.3) is 0 Å². The van der Waals surface area contributed by atoms with Crippen molar-refractivity contribution in [2.45, 2.75) is 26.7 Å². The molecule has 0 bridgehead atoms. The molecule has 0 spiro atoms. The Balaban J connectivity index is 2.93. The van der Waals surface area contributed by atoms with Gasteiger partial charge >= 0.3 is 0 Å². The van der Waals surface area contributed by atoms with Gasteiger partial charge in [-0.3, -0.25) is 9.78 Å². The van der Waals surface area contributed by atoms with Crippen LogP contribution in [0.3, 0.4) is 0 Å². The summed E-state index contributed by atoms with van der Waals surface area (Å²) < 4.78 is 0. The SMILES string of the molecule is CC(=O)c1ccc(C(C)C)nc1. The lowest BCUT2D eigenvalue weighted by atomic mass is 10.1. The summed E-state index contributed by atoms with van der Waals surface area (Å²) in [6.45, 7) is 5.71. The van der Waals surface area contributed by atoms with Gasteiger partial charge in [0.15, 0.2) is 5.78 Å². The average Bonchev–Trinajstić information content (AvgIpc) is 2.04. The lowest BCUT2D eigenvalue weighted by Gasteiger charge is -2.03. The molecule has 2 nitrogen and oxygen atoms in total. The molecule has 0 atom stereocenters. The fraction of sp³-hybridized carbons (Fsp3) is 0.400. The van der Waals surface area contributed by atoms with Gasteiger partial charge in [0.2, 0.25) is 0 Å². The van der Waals surface area contributed by atoms with E-state index >= 15 is 0 Å². The summed E-state index contributed by atoms with van der Waals surface area (Å²) in [7, 11) is 0. The van der Waals surface area contributed by atoms with Crippen LogP contribution in [-0.4, -0.2) is 10.8 Å². The van der Waals surface area contributed by atoms with Crippen LogP contribution in [0.2, 0.25) is 0 Å². The van der Waals surface area contributed by atoms with Crippen LogP contribution < -0.4 is 0 Å². The third-order valence-corrected chi connectivity index (χ3v) is 1.78. The van der Waals surface area contributed by atoms with Crippen molar-refractivity contribution >= 4 is 5.78 Å². The Hall–Kier alpha value is -1.18. The van der Waals surface area contributed by atoms with Gasteiger partial charge < -0.3 is 0 Å². The van der Waals surface area contributed by atoms with E-state index < -0.39 is 0 Å². The Morgan fingerprint density at radius 2 is 2.08 bits per heavy atom. The van der Waals surface area contributed by atoms with Gasteiger partial charge in [-0.05, 0) is 25.0 Å². The predicted octanol–water partition coefficient (Wildman–Crippen LogP) is 2.41.